The van der Waals surface area contributed by atoms with Crippen LogP contribution >= 0.6 is 23.2 Å². The second kappa shape index (κ2) is 5.47. The second-order valence-corrected chi connectivity index (χ2v) is 5.69. The number of halogens is 2. The summed E-state index contributed by atoms with van der Waals surface area (Å²) in [6, 6.07) is 14.4. The molecule has 0 heterocycles. The fraction of sp³-hybridized carbons (Fsp3) is 0.188. The highest BCUT2D eigenvalue weighted by Crippen LogP contribution is 2.50. The van der Waals surface area contributed by atoms with Gasteiger partial charge in [-0.2, -0.15) is 0 Å². The third-order valence-corrected chi connectivity index (χ3v) is 4.03. The summed E-state index contributed by atoms with van der Waals surface area (Å²) in [5, 5.41) is 1.32. The van der Waals surface area contributed by atoms with Gasteiger partial charge in [0.2, 0.25) is 0 Å². The number of rotatable bonds is 3. The molecule has 0 aliphatic heterocycles. The molecular formula is C16H12Cl2O2. The van der Waals surface area contributed by atoms with E-state index in [1.54, 1.807) is 24.3 Å². The third-order valence-electron chi connectivity index (χ3n) is 3.43. The Morgan fingerprint density at radius 3 is 2.45 bits per heavy atom. The van der Waals surface area contributed by atoms with Crippen LogP contribution in [0.4, 0.5) is 0 Å². The molecule has 0 amide bonds. The van der Waals surface area contributed by atoms with Crippen molar-refractivity contribution in [3.8, 4) is 5.75 Å². The zero-order valence-corrected chi connectivity index (χ0v) is 12.1. The molecule has 2 unspecified atom stereocenters. The van der Waals surface area contributed by atoms with E-state index in [9.17, 15) is 4.79 Å². The van der Waals surface area contributed by atoms with E-state index in [4.69, 9.17) is 27.9 Å². The molecule has 0 saturated heterocycles. The minimum absolute atomic E-state index is 0.106. The summed E-state index contributed by atoms with van der Waals surface area (Å²) in [4.78, 5) is 12.1. The lowest BCUT2D eigenvalue weighted by atomic mass is 10.1. The molecule has 2 aromatic carbocycles. The van der Waals surface area contributed by atoms with Crippen LogP contribution in [0, 0.1) is 5.92 Å². The van der Waals surface area contributed by atoms with Crippen LogP contribution in [0.5, 0.6) is 5.75 Å². The summed E-state index contributed by atoms with van der Waals surface area (Å²) in [7, 11) is 0. The molecule has 102 valence electrons. The van der Waals surface area contributed by atoms with E-state index in [0.29, 0.717) is 15.8 Å². The summed E-state index contributed by atoms with van der Waals surface area (Å²) in [6.45, 7) is 0. The van der Waals surface area contributed by atoms with Crippen LogP contribution in [0.1, 0.15) is 17.9 Å². The fourth-order valence-electron chi connectivity index (χ4n) is 2.27. The monoisotopic (exact) mass is 306 g/mol. The minimum atomic E-state index is -0.211. The van der Waals surface area contributed by atoms with Gasteiger partial charge in [0.1, 0.15) is 5.75 Å². The normalized spacial score (nSPS) is 20.5. The maximum atomic E-state index is 12.1. The number of benzene rings is 2. The lowest BCUT2D eigenvalue weighted by Gasteiger charge is -2.05. The van der Waals surface area contributed by atoms with Gasteiger partial charge < -0.3 is 4.74 Å². The predicted octanol–water partition coefficient (Wildman–Crippen LogP) is 4.70. The predicted molar refractivity (Wildman–Crippen MR) is 79.4 cm³/mol. The van der Waals surface area contributed by atoms with Crippen LogP contribution in [-0.4, -0.2) is 5.97 Å². The van der Waals surface area contributed by atoms with Gasteiger partial charge in [0.05, 0.1) is 5.92 Å². The molecule has 0 radical (unpaired) electrons. The Morgan fingerprint density at radius 2 is 1.75 bits per heavy atom. The molecule has 1 saturated carbocycles. The molecule has 4 heteroatoms. The van der Waals surface area contributed by atoms with Gasteiger partial charge >= 0.3 is 5.97 Å². The van der Waals surface area contributed by atoms with Crippen molar-refractivity contribution in [1.29, 1.82) is 0 Å². The highest BCUT2D eigenvalue weighted by molar-refractivity contribution is 6.31. The molecule has 0 aromatic heterocycles. The van der Waals surface area contributed by atoms with Crippen molar-refractivity contribution >= 4 is 29.2 Å². The van der Waals surface area contributed by atoms with Gasteiger partial charge in [-0.3, -0.25) is 4.79 Å². The molecular weight excluding hydrogens is 295 g/mol. The molecule has 2 aromatic rings. The number of carbonyl (C=O) groups excluding carboxylic acids is 1. The van der Waals surface area contributed by atoms with Crippen molar-refractivity contribution in [2.75, 3.05) is 0 Å². The fourth-order valence-corrected chi connectivity index (χ4v) is 2.67. The molecule has 0 spiro atoms. The molecule has 2 atom stereocenters. The Morgan fingerprint density at radius 1 is 1.05 bits per heavy atom. The van der Waals surface area contributed by atoms with E-state index < -0.39 is 0 Å². The molecule has 1 aliphatic rings. The first-order chi connectivity index (χ1) is 9.65. The number of esters is 1. The van der Waals surface area contributed by atoms with E-state index in [2.05, 4.69) is 0 Å². The summed E-state index contributed by atoms with van der Waals surface area (Å²) in [5.74, 6) is 0.371. The van der Waals surface area contributed by atoms with Gasteiger partial charge in [-0.1, -0.05) is 41.4 Å². The van der Waals surface area contributed by atoms with E-state index in [1.165, 1.54) is 0 Å². The molecule has 2 nitrogen and oxygen atoms in total. The summed E-state index contributed by atoms with van der Waals surface area (Å²) < 4.78 is 5.34. The van der Waals surface area contributed by atoms with Crippen molar-refractivity contribution in [2.24, 2.45) is 5.92 Å². The van der Waals surface area contributed by atoms with Crippen molar-refractivity contribution in [1.82, 2.24) is 0 Å². The Hall–Kier alpha value is -1.51. The first-order valence-corrected chi connectivity index (χ1v) is 7.12. The average molecular weight is 307 g/mol. The second-order valence-electron chi connectivity index (χ2n) is 4.85. The molecule has 0 N–H and O–H groups in total. The topological polar surface area (TPSA) is 26.3 Å². The Kier molecular flexibility index (Phi) is 3.68. The van der Waals surface area contributed by atoms with Gasteiger partial charge in [0.15, 0.2) is 0 Å². The highest BCUT2D eigenvalue weighted by Gasteiger charge is 2.46. The van der Waals surface area contributed by atoms with E-state index >= 15 is 0 Å². The van der Waals surface area contributed by atoms with Crippen LogP contribution in [0.25, 0.3) is 0 Å². The van der Waals surface area contributed by atoms with Gasteiger partial charge in [0, 0.05) is 10.0 Å². The van der Waals surface area contributed by atoms with Crippen molar-refractivity contribution in [3.05, 3.63) is 64.1 Å². The van der Waals surface area contributed by atoms with Gasteiger partial charge in [-0.05, 0) is 48.2 Å². The number of carbonyl (C=O) groups is 1. The van der Waals surface area contributed by atoms with Gasteiger partial charge in [0.25, 0.3) is 0 Å². The van der Waals surface area contributed by atoms with Crippen LogP contribution in [0.2, 0.25) is 10.0 Å². The quantitative estimate of drug-likeness (QED) is 0.607. The molecule has 1 aliphatic carbocycles. The van der Waals surface area contributed by atoms with Crippen LogP contribution < -0.4 is 4.74 Å². The van der Waals surface area contributed by atoms with Crippen LogP contribution in [0.15, 0.2) is 48.5 Å². The third kappa shape index (κ3) is 2.82. The average Bonchev–Trinajstić information content (AvgIpc) is 3.22. The van der Waals surface area contributed by atoms with Crippen molar-refractivity contribution in [2.45, 2.75) is 12.3 Å². The summed E-state index contributed by atoms with van der Waals surface area (Å²) in [6.07, 6.45) is 0.788. The first kappa shape index (κ1) is 13.5. The van der Waals surface area contributed by atoms with E-state index in [0.717, 1.165) is 12.0 Å². The Balaban J connectivity index is 1.66. The number of hydrogen-bond donors (Lipinski definition) is 0. The van der Waals surface area contributed by atoms with Gasteiger partial charge in [-0.25, -0.2) is 0 Å². The summed E-state index contributed by atoms with van der Waals surface area (Å²) in [5.41, 5.74) is 1.02. The maximum absolute atomic E-state index is 12.1. The lowest BCUT2D eigenvalue weighted by molar-refractivity contribution is -0.135. The van der Waals surface area contributed by atoms with E-state index in [1.807, 2.05) is 24.3 Å². The van der Waals surface area contributed by atoms with E-state index in [-0.39, 0.29) is 17.8 Å². The molecule has 0 bridgehead atoms. The van der Waals surface area contributed by atoms with Crippen molar-refractivity contribution in [3.63, 3.8) is 0 Å². The standard InChI is InChI=1S/C16H12Cl2O2/c17-10-5-7-11(8-6-10)20-16(19)14-9-13(14)12-3-1-2-4-15(12)18/h1-8,13-14H,9H2. The van der Waals surface area contributed by atoms with Crippen molar-refractivity contribution < 1.29 is 9.53 Å². The van der Waals surface area contributed by atoms with Gasteiger partial charge in [-0.15, -0.1) is 0 Å². The zero-order chi connectivity index (χ0) is 14.1. The SMILES string of the molecule is O=C(Oc1ccc(Cl)cc1)C1CC1c1ccccc1Cl. The Labute approximate surface area is 127 Å². The first-order valence-electron chi connectivity index (χ1n) is 6.37. The molecule has 1 fully saturated rings. The number of ether oxygens (including phenoxy) is 1. The van der Waals surface area contributed by atoms with Crippen LogP contribution in [-0.2, 0) is 4.79 Å². The molecule has 3 rings (SSSR count). The summed E-state index contributed by atoms with van der Waals surface area (Å²) >= 11 is 11.9. The zero-order valence-electron chi connectivity index (χ0n) is 10.6. The largest absolute Gasteiger partial charge is 0.426 e. The lowest BCUT2D eigenvalue weighted by Crippen LogP contribution is -2.11. The maximum Gasteiger partial charge on any atom is 0.314 e. The highest BCUT2D eigenvalue weighted by atomic mass is 35.5. The molecule has 20 heavy (non-hydrogen) atoms. The minimum Gasteiger partial charge on any atom is -0.426 e. The number of hydrogen-bond acceptors (Lipinski definition) is 2. The smallest absolute Gasteiger partial charge is 0.314 e. The Bertz CT molecular complexity index is 637. The van der Waals surface area contributed by atoms with Crippen LogP contribution in [0.3, 0.4) is 0 Å².